The zero-order valence-corrected chi connectivity index (χ0v) is 18.1. The second kappa shape index (κ2) is 8.80. The molecule has 2 aliphatic heterocycles. The third-order valence-electron chi connectivity index (χ3n) is 6.31. The number of ether oxygens (including phenoxy) is 1. The van der Waals surface area contributed by atoms with Gasteiger partial charge in [-0.15, -0.1) is 0 Å². The number of hydrogen-bond acceptors (Lipinski definition) is 5. The number of anilines is 1. The van der Waals surface area contributed by atoms with Crippen LogP contribution in [0.25, 0.3) is 0 Å². The predicted octanol–water partition coefficient (Wildman–Crippen LogP) is 3.59. The van der Waals surface area contributed by atoms with E-state index in [9.17, 15) is 13.6 Å². The number of carbonyl (C=O) groups is 1. The van der Waals surface area contributed by atoms with Gasteiger partial charge in [0.05, 0.1) is 0 Å². The fraction of sp³-hybridized carbons (Fsp3) is 0.591. The monoisotopic (exact) mass is 433 g/mol. The van der Waals surface area contributed by atoms with Crippen LogP contribution in [0.15, 0.2) is 24.5 Å². The van der Waals surface area contributed by atoms with Gasteiger partial charge in [0.15, 0.2) is 6.10 Å². The number of halogens is 2. The highest BCUT2D eigenvalue weighted by Crippen LogP contribution is 2.35. The van der Waals surface area contributed by atoms with Crippen molar-refractivity contribution >= 4 is 11.9 Å². The van der Waals surface area contributed by atoms with E-state index in [0.717, 1.165) is 24.0 Å². The van der Waals surface area contributed by atoms with Crippen LogP contribution in [0, 0.1) is 19.8 Å². The van der Waals surface area contributed by atoms with Crippen molar-refractivity contribution in [3.63, 3.8) is 0 Å². The van der Waals surface area contributed by atoms with Crippen LogP contribution in [-0.2, 0) is 4.79 Å². The summed E-state index contributed by atoms with van der Waals surface area (Å²) in [6, 6.07) is 4.70. The number of nitrogens with zero attached hydrogens (tertiary/aromatic N) is 4. The lowest BCUT2D eigenvalue weighted by atomic mass is 9.86. The van der Waals surface area contributed by atoms with Crippen molar-refractivity contribution in [2.45, 2.75) is 64.6 Å². The standard InChI is InChI=1S/C22H29F2N5O2/c1-13-6-7-19(14(2)9-13)31-15(3)21(30)28-8-4-5-16(11-28)17-10-18(20(23)24)29-22(27-17)25-12-26-29/h6-7,9,12,15-18,20H,4-5,8,10-11H2,1-3H3,(H,25,26,27)/t15?,16?,17-,18+/m0/s1. The number of nitrogens with one attached hydrogen (secondary N) is 1. The molecule has 1 aromatic carbocycles. The SMILES string of the molecule is Cc1ccc(OC(C)C(=O)N2CCCC([C@@H]3C[C@H](C(F)F)n4ncnc4N3)C2)c(C)c1. The van der Waals surface area contributed by atoms with Gasteiger partial charge in [0.25, 0.3) is 12.3 Å². The van der Waals surface area contributed by atoms with Gasteiger partial charge in [-0.1, -0.05) is 17.7 Å². The number of carbonyl (C=O) groups excluding carboxylic acids is 1. The summed E-state index contributed by atoms with van der Waals surface area (Å²) in [6.45, 7) is 6.90. The molecule has 9 heteroatoms. The molecule has 31 heavy (non-hydrogen) atoms. The maximum atomic E-state index is 13.6. The molecular weight excluding hydrogens is 404 g/mol. The Hall–Kier alpha value is -2.71. The molecule has 2 aliphatic rings. The van der Waals surface area contributed by atoms with Crippen LogP contribution in [0.1, 0.15) is 43.4 Å². The van der Waals surface area contributed by atoms with Gasteiger partial charge in [-0.05, 0) is 57.6 Å². The molecule has 2 unspecified atom stereocenters. The predicted molar refractivity (Wildman–Crippen MR) is 112 cm³/mol. The van der Waals surface area contributed by atoms with E-state index in [-0.39, 0.29) is 24.3 Å². The Bertz CT molecular complexity index is 934. The number of fused-ring (bicyclic) bond motifs is 1. The number of hydrogen-bond donors (Lipinski definition) is 1. The van der Waals surface area contributed by atoms with Crippen LogP contribution in [0.4, 0.5) is 14.7 Å². The van der Waals surface area contributed by atoms with Crippen molar-refractivity contribution in [1.82, 2.24) is 19.7 Å². The second-order valence-corrected chi connectivity index (χ2v) is 8.63. The van der Waals surface area contributed by atoms with Crippen LogP contribution in [-0.4, -0.2) is 57.2 Å². The second-order valence-electron chi connectivity index (χ2n) is 8.63. The lowest BCUT2D eigenvalue weighted by molar-refractivity contribution is -0.140. The first-order valence-corrected chi connectivity index (χ1v) is 10.8. The molecule has 0 spiro atoms. The Balaban J connectivity index is 1.41. The number of amides is 1. The third kappa shape index (κ3) is 4.50. The van der Waals surface area contributed by atoms with Gasteiger partial charge in [0.1, 0.15) is 18.1 Å². The van der Waals surface area contributed by atoms with Gasteiger partial charge in [0, 0.05) is 19.1 Å². The van der Waals surface area contributed by atoms with Gasteiger partial charge in [-0.25, -0.2) is 13.5 Å². The number of benzene rings is 1. The molecule has 7 nitrogen and oxygen atoms in total. The molecule has 0 saturated carbocycles. The molecule has 1 fully saturated rings. The van der Waals surface area contributed by atoms with E-state index in [2.05, 4.69) is 15.4 Å². The molecule has 4 rings (SSSR count). The average Bonchev–Trinajstić information content (AvgIpc) is 3.23. The fourth-order valence-electron chi connectivity index (χ4n) is 4.67. The lowest BCUT2D eigenvalue weighted by Gasteiger charge is -2.41. The van der Waals surface area contributed by atoms with Crippen LogP contribution in [0.3, 0.4) is 0 Å². The molecule has 1 aromatic heterocycles. The van der Waals surface area contributed by atoms with Crippen LogP contribution >= 0.6 is 0 Å². The molecule has 2 aromatic rings. The largest absolute Gasteiger partial charge is 0.481 e. The minimum absolute atomic E-state index is 0.0673. The Morgan fingerprint density at radius 3 is 2.87 bits per heavy atom. The Morgan fingerprint density at radius 1 is 1.32 bits per heavy atom. The molecule has 1 amide bonds. The van der Waals surface area contributed by atoms with Gasteiger partial charge >= 0.3 is 0 Å². The van der Waals surface area contributed by atoms with Gasteiger partial charge < -0.3 is 15.0 Å². The fourth-order valence-corrected chi connectivity index (χ4v) is 4.67. The van der Waals surface area contributed by atoms with Crippen LogP contribution in [0.2, 0.25) is 0 Å². The minimum atomic E-state index is -2.52. The van der Waals surface area contributed by atoms with Crippen molar-refractivity contribution in [1.29, 1.82) is 0 Å². The molecule has 168 valence electrons. The number of likely N-dealkylation sites (tertiary alicyclic amines) is 1. The first-order chi connectivity index (χ1) is 14.8. The average molecular weight is 434 g/mol. The van der Waals surface area contributed by atoms with Gasteiger partial charge in [0.2, 0.25) is 5.95 Å². The molecule has 3 heterocycles. The van der Waals surface area contributed by atoms with E-state index in [4.69, 9.17) is 4.74 Å². The van der Waals surface area contributed by atoms with Crippen molar-refractivity contribution in [3.8, 4) is 5.75 Å². The zero-order valence-electron chi connectivity index (χ0n) is 18.1. The molecule has 1 saturated heterocycles. The molecular formula is C22H29F2N5O2. The van der Waals surface area contributed by atoms with E-state index in [1.165, 1.54) is 11.0 Å². The summed E-state index contributed by atoms with van der Waals surface area (Å²) < 4.78 is 34.4. The number of aryl methyl sites for hydroxylation is 2. The topological polar surface area (TPSA) is 72.3 Å². The maximum absolute atomic E-state index is 13.6. The Labute approximate surface area is 180 Å². The molecule has 4 atom stereocenters. The van der Waals surface area contributed by atoms with E-state index in [0.29, 0.717) is 24.8 Å². The zero-order chi connectivity index (χ0) is 22.1. The lowest BCUT2D eigenvalue weighted by Crippen LogP contribution is -2.50. The first kappa shape index (κ1) is 21.5. The minimum Gasteiger partial charge on any atom is -0.481 e. The Kier molecular flexibility index (Phi) is 6.11. The van der Waals surface area contributed by atoms with Gasteiger partial charge in [-0.3, -0.25) is 4.79 Å². The van der Waals surface area contributed by atoms with E-state index >= 15 is 0 Å². The summed E-state index contributed by atoms with van der Waals surface area (Å²) in [6.07, 6.45) is 0.126. The molecule has 1 N–H and O–H groups in total. The van der Waals surface area contributed by atoms with Crippen molar-refractivity contribution < 1.29 is 18.3 Å². The first-order valence-electron chi connectivity index (χ1n) is 10.8. The van der Waals surface area contributed by atoms with Crippen molar-refractivity contribution in [2.24, 2.45) is 5.92 Å². The van der Waals surface area contributed by atoms with Crippen LogP contribution in [0.5, 0.6) is 5.75 Å². The number of piperidine rings is 1. The quantitative estimate of drug-likeness (QED) is 0.780. The van der Waals surface area contributed by atoms with Gasteiger partial charge in [-0.2, -0.15) is 10.1 Å². The molecule has 0 aliphatic carbocycles. The normalized spacial score (nSPS) is 24.5. The van der Waals surface area contributed by atoms with Crippen molar-refractivity contribution in [2.75, 3.05) is 18.4 Å². The van der Waals surface area contributed by atoms with E-state index in [1.54, 1.807) is 11.8 Å². The summed E-state index contributed by atoms with van der Waals surface area (Å²) in [4.78, 5) is 19.0. The third-order valence-corrected chi connectivity index (χ3v) is 6.31. The van der Waals surface area contributed by atoms with Crippen molar-refractivity contribution in [3.05, 3.63) is 35.7 Å². The van der Waals surface area contributed by atoms with E-state index < -0.39 is 18.6 Å². The summed E-state index contributed by atoms with van der Waals surface area (Å²) in [7, 11) is 0. The number of alkyl halides is 2. The summed E-state index contributed by atoms with van der Waals surface area (Å²) in [5, 5.41) is 7.20. The highest BCUT2D eigenvalue weighted by Gasteiger charge is 2.39. The smallest absolute Gasteiger partial charge is 0.263 e. The van der Waals surface area contributed by atoms with Crippen LogP contribution < -0.4 is 10.1 Å². The number of rotatable bonds is 5. The maximum Gasteiger partial charge on any atom is 0.263 e. The van der Waals surface area contributed by atoms with E-state index in [1.807, 2.05) is 32.0 Å². The molecule has 0 radical (unpaired) electrons. The Morgan fingerprint density at radius 2 is 2.13 bits per heavy atom. The summed E-state index contributed by atoms with van der Waals surface area (Å²) in [5.74, 6) is 1.07. The summed E-state index contributed by atoms with van der Waals surface area (Å²) in [5.41, 5.74) is 2.13. The summed E-state index contributed by atoms with van der Waals surface area (Å²) >= 11 is 0. The number of aromatic nitrogens is 3. The highest BCUT2D eigenvalue weighted by atomic mass is 19.3. The molecule has 0 bridgehead atoms. The highest BCUT2D eigenvalue weighted by molar-refractivity contribution is 5.81.